The number of ether oxygens (including phenoxy) is 1. The van der Waals surface area contributed by atoms with Gasteiger partial charge in [0.1, 0.15) is 6.10 Å². The molecule has 0 aliphatic heterocycles. The Balaban J connectivity index is 2.69. The molecule has 0 heterocycles. The Morgan fingerprint density at radius 1 is 1.21 bits per heavy atom. The largest absolute Gasteiger partial charge is 0.462 e. The first-order valence-corrected chi connectivity index (χ1v) is 8.28. The Bertz CT molecular complexity index is 266. The van der Waals surface area contributed by atoms with Crippen LogP contribution in [0.4, 0.5) is 0 Å². The summed E-state index contributed by atoms with van der Waals surface area (Å²) in [7, 11) is 0. The van der Waals surface area contributed by atoms with Gasteiger partial charge in [-0.25, -0.2) is 0 Å². The van der Waals surface area contributed by atoms with Gasteiger partial charge in [-0.3, -0.25) is 4.79 Å². The third-order valence-electron chi connectivity index (χ3n) is 4.94. The zero-order chi connectivity index (χ0) is 14.3. The fourth-order valence-corrected chi connectivity index (χ4v) is 3.30. The molecule has 0 saturated heterocycles. The Morgan fingerprint density at radius 3 is 2.32 bits per heavy atom. The molecule has 112 valence electrons. The van der Waals surface area contributed by atoms with Crippen LogP contribution in [0.5, 0.6) is 0 Å². The molecular formula is C17H32O2. The first kappa shape index (κ1) is 16.5. The molecule has 2 heteroatoms. The molecule has 1 saturated carbocycles. The molecule has 1 rings (SSSR count). The van der Waals surface area contributed by atoms with E-state index in [1.807, 2.05) is 0 Å². The van der Waals surface area contributed by atoms with Crippen LogP contribution in [0.15, 0.2) is 0 Å². The van der Waals surface area contributed by atoms with Gasteiger partial charge in [-0.2, -0.15) is 0 Å². The molecule has 0 aromatic rings. The lowest BCUT2D eigenvalue weighted by molar-refractivity contribution is -0.167. The van der Waals surface area contributed by atoms with Crippen molar-refractivity contribution in [3.05, 3.63) is 0 Å². The van der Waals surface area contributed by atoms with Crippen molar-refractivity contribution < 1.29 is 9.53 Å². The van der Waals surface area contributed by atoms with Crippen LogP contribution in [0.2, 0.25) is 0 Å². The van der Waals surface area contributed by atoms with Crippen LogP contribution in [0.3, 0.4) is 0 Å². The summed E-state index contributed by atoms with van der Waals surface area (Å²) >= 11 is 0. The Morgan fingerprint density at radius 2 is 1.84 bits per heavy atom. The van der Waals surface area contributed by atoms with E-state index in [2.05, 4.69) is 27.7 Å². The molecular weight excluding hydrogens is 236 g/mol. The summed E-state index contributed by atoms with van der Waals surface area (Å²) in [6.45, 7) is 8.66. The number of rotatable bonds is 7. The van der Waals surface area contributed by atoms with E-state index in [1.165, 1.54) is 19.3 Å². The molecule has 0 amide bonds. The molecule has 0 aromatic heterocycles. The van der Waals surface area contributed by atoms with Crippen molar-refractivity contribution in [2.45, 2.75) is 91.6 Å². The predicted molar refractivity (Wildman–Crippen MR) is 80.1 cm³/mol. The van der Waals surface area contributed by atoms with E-state index in [0.717, 1.165) is 38.5 Å². The minimum Gasteiger partial charge on any atom is -0.462 e. The van der Waals surface area contributed by atoms with Crippen molar-refractivity contribution in [2.24, 2.45) is 11.3 Å². The summed E-state index contributed by atoms with van der Waals surface area (Å²) in [4.78, 5) is 12.7. The predicted octanol–water partition coefficient (Wildman–Crippen LogP) is 5.10. The second kappa shape index (κ2) is 7.91. The molecule has 0 bridgehead atoms. The third-order valence-corrected chi connectivity index (χ3v) is 4.94. The van der Waals surface area contributed by atoms with Gasteiger partial charge in [0.25, 0.3) is 0 Å². The lowest BCUT2D eigenvalue weighted by Gasteiger charge is -2.36. The summed E-state index contributed by atoms with van der Waals surface area (Å²) in [5, 5.41) is 0. The van der Waals surface area contributed by atoms with Crippen molar-refractivity contribution in [1.29, 1.82) is 0 Å². The molecule has 1 unspecified atom stereocenters. The molecule has 0 spiro atoms. The van der Waals surface area contributed by atoms with Crippen LogP contribution in [0.1, 0.15) is 85.5 Å². The molecule has 1 fully saturated rings. The van der Waals surface area contributed by atoms with Crippen LogP contribution in [-0.4, -0.2) is 12.1 Å². The standard InChI is InChI=1S/C17H32O2/c1-5-7-13-17(6-2,14(3)4)16(18)19-15-11-9-8-10-12-15/h14-15H,5-13H2,1-4H3. The van der Waals surface area contributed by atoms with Crippen LogP contribution in [0.25, 0.3) is 0 Å². The lowest BCUT2D eigenvalue weighted by atomic mass is 9.71. The van der Waals surface area contributed by atoms with Gasteiger partial charge < -0.3 is 4.74 Å². The molecule has 0 radical (unpaired) electrons. The number of carbonyl (C=O) groups is 1. The summed E-state index contributed by atoms with van der Waals surface area (Å²) in [6, 6.07) is 0. The SMILES string of the molecule is CCCCC(CC)(C(=O)OC1CCCCC1)C(C)C. The fourth-order valence-electron chi connectivity index (χ4n) is 3.30. The van der Waals surface area contributed by atoms with Gasteiger partial charge in [0, 0.05) is 0 Å². The van der Waals surface area contributed by atoms with Crippen LogP contribution < -0.4 is 0 Å². The monoisotopic (exact) mass is 268 g/mol. The smallest absolute Gasteiger partial charge is 0.312 e. The van der Waals surface area contributed by atoms with E-state index in [1.54, 1.807) is 0 Å². The number of carbonyl (C=O) groups excluding carboxylic acids is 1. The average molecular weight is 268 g/mol. The molecule has 1 aliphatic carbocycles. The Labute approximate surface area is 119 Å². The number of hydrogen-bond acceptors (Lipinski definition) is 2. The van der Waals surface area contributed by atoms with Gasteiger partial charge in [-0.1, -0.05) is 47.0 Å². The summed E-state index contributed by atoms with van der Waals surface area (Å²) in [5.74, 6) is 0.436. The molecule has 0 N–H and O–H groups in total. The van der Waals surface area contributed by atoms with Crippen LogP contribution in [-0.2, 0) is 9.53 Å². The van der Waals surface area contributed by atoms with E-state index in [0.29, 0.717) is 5.92 Å². The van der Waals surface area contributed by atoms with Gasteiger partial charge in [-0.05, 0) is 44.4 Å². The zero-order valence-corrected chi connectivity index (χ0v) is 13.3. The van der Waals surface area contributed by atoms with Gasteiger partial charge in [0.15, 0.2) is 0 Å². The maximum Gasteiger partial charge on any atom is 0.312 e. The molecule has 1 aliphatic rings. The van der Waals surface area contributed by atoms with Crippen LogP contribution in [0, 0.1) is 11.3 Å². The maximum absolute atomic E-state index is 12.7. The van der Waals surface area contributed by atoms with Crippen molar-refractivity contribution in [3.63, 3.8) is 0 Å². The van der Waals surface area contributed by atoms with Gasteiger partial charge in [0.2, 0.25) is 0 Å². The highest BCUT2D eigenvalue weighted by Gasteiger charge is 2.41. The Hall–Kier alpha value is -0.530. The van der Waals surface area contributed by atoms with Crippen molar-refractivity contribution in [1.82, 2.24) is 0 Å². The van der Waals surface area contributed by atoms with E-state index in [4.69, 9.17) is 4.74 Å². The maximum atomic E-state index is 12.7. The van der Waals surface area contributed by atoms with E-state index in [9.17, 15) is 4.79 Å². The fraction of sp³-hybridized carbons (Fsp3) is 0.941. The molecule has 0 aromatic carbocycles. The second-order valence-corrected chi connectivity index (χ2v) is 6.43. The minimum atomic E-state index is -0.256. The summed E-state index contributed by atoms with van der Waals surface area (Å²) < 4.78 is 5.87. The van der Waals surface area contributed by atoms with E-state index in [-0.39, 0.29) is 17.5 Å². The topological polar surface area (TPSA) is 26.3 Å². The summed E-state index contributed by atoms with van der Waals surface area (Å²) in [6.07, 6.45) is 10.2. The zero-order valence-electron chi connectivity index (χ0n) is 13.3. The highest BCUT2D eigenvalue weighted by Crippen LogP contribution is 2.39. The number of unbranched alkanes of at least 4 members (excludes halogenated alkanes) is 1. The first-order valence-electron chi connectivity index (χ1n) is 8.28. The lowest BCUT2D eigenvalue weighted by Crippen LogP contribution is -2.39. The molecule has 2 nitrogen and oxygen atoms in total. The quantitative estimate of drug-likeness (QED) is 0.600. The average Bonchev–Trinajstić information content (AvgIpc) is 2.41. The highest BCUT2D eigenvalue weighted by molar-refractivity contribution is 5.77. The first-order chi connectivity index (χ1) is 9.06. The Kier molecular flexibility index (Phi) is 6.88. The van der Waals surface area contributed by atoms with Crippen molar-refractivity contribution in [3.8, 4) is 0 Å². The van der Waals surface area contributed by atoms with E-state index >= 15 is 0 Å². The minimum absolute atomic E-state index is 0.0744. The van der Waals surface area contributed by atoms with Gasteiger partial charge in [0.05, 0.1) is 5.41 Å². The van der Waals surface area contributed by atoms with Crippen molar-refractivity contribution in [2.75, 3.05) is 0 Å². The second-order valence-electron chi connectivity index (χ2n) is 6.43. The van der Waals surface area contributed by atoms with Crippen LogP contribution >= 0.6 is 0 Å². The molecule has 19 heavy (non-hydrogen) atoms. The third kappa shape index (κ3) is 4.22. The molecule has 1 atom stereocenters. The normalized spacial score (nSPS) is 20.3. The number of esters is 1. The van der Waals surface area contributed by atoms with Gasteiger partial charge in [-0.15, -0.1) is 0 Å². The highest BCUT2D eigenvalue weighted by atomic mass is 16.5. The van der Waals surface area contributed by atoms with Crippen molar-refractivity contribution >= 4 is 5.97 Å². The van der Waals surface area contributed by atoms with E-state index < -0.39 is 0 Å². The summed E-state index contributed by atoms with van der Waals surface area (Å²) in [5.41, 5.74) is -0.256. The van der Waals surface area contributed by atoms with Gasteiger partial charge >= 0.3 is 5.97 Å². The number of hydrogen-bond donors (Lipinski definition) is 0.